The monoisotopic (exact) mass is 257 g/mol. The third-order valence-corrected chi connectivity index (χ3v) is 4.37. The lowest BCUT2D eigenvalue weighted by Crippen LogP contribution is -2.49. The van der Waals surface area contributed by atoms with Crippen LogP contribution in [-0.2, 0) is 13.5 Å². The van der Waals surface area contributed by atoms with Gasteiger partial charge in [-0.15, -0.1) is 0 Å². The maximum absolute atomic E-state index is 3.50. The Morgan fingerprint density at radius 3 is 2.95 bits per heavy atom. The van der Waals surface area contributed by atoms with Crippen LogP contribution in [0.1, 0.15) is 12.0 Å². The van der Waals surface area contributed by atoms with E-state index in [4.69, 9.17) is 0 Å². The summed E-state index contributed by atoms with van der Waals surface area (Å²) in [5.41, 5.74) is 2.82. The summed E-state index contributed by atoms with van der Waals surface area (Å²) < 4.78 is 2.24. The number of hydrogen-bond donors (Lipinski definition) is 1. The molecule has 1 fully saturated rings. The number of rotatable bonds is 3. The topological polar surface area (TPSA) is 20.2 Å². The van der Waals surface area contributed by atoms with E-state index >= 15 is 0 Å². The maximum Gasteiger partial charge on any atom is 0.0480 e. The lowest BCUT2D eigenvalue weighted by Gasteiger charge is -2.33. The molecule has 1 N–H and O–H groups in total. The lowest BCUT2D eigenvalue weighted by molar-refractivity contribution is 0.191. The number of aromatic nitrogens is 1. The number of para-hydroxylation sites is 1. The molecular formula is C16H23N3. The Morgan fingerprint density at radius 2 is 2.11 bits per heavy atom. The van der Waals surface area contributed by atoms with Gasteiger partial charge in [-0.05, 0) is 31.5 Å². The van der Waals surface area contributed by atoms with E-state index in [9.17, 15) is 0 Å². The zero-order chi connectivity index (χ0) is 13.2. The molecule has 3 nitrogen and oxygen atoms in total. The second-order valence-corrected chi connectivity index (χ2v) is 5.66. The molecule has 1 aliphatic heterocycles. The maximum atomic E-state index is 3.50. The van der Waals surface area contributed by atoms with Crippen molar-refractivity contribution in [1.82, 2.24) is 14.8 Å². The van der Waals surface area contributed by atoms with Crippen LogP contribution in [0.2, 0.25) is 0 Å². The van der Waals surface area contributed by atoms with Gasteiger partial charge in [0.25, 0.3) is 0 Å². The van der Waals surface area contributed by atoms with Gasteiger partial charge in [-0.1, -0.05) is 18.2 Å². The molecule has 3 rings (SSSR count). The van der Waals surface area contributed by atoms with Crippen LogP contribution in [0, 0.1) is 0 Å². The third kappa shape index (κ3) is 2.53. The summed E-state index contributed by atoms with van der Waals surface area (Å²) in [7, 11) is 4.38. The van der Waals surface area contributed by atoms with Crippen LogP contribution >= 0.6 is 0 Å². The highest BCUT2D eigenvalue weighted by molar-refractivity contribution is 5.83. The van der Waals surface area contributed by atoms with Gasteiger partial charge in [-0.3, -0.25) is 0 Å². The Morgan fingerprint density at radius 1 is 1.26 bits per heavy atom. The second kappa shape index (κ2) is 5.35. The molecule has 0 amide bonds. The van der Waals surface area contributed by atoms with Crippen LogP contribution in [0.15, 0.2) is 30.5 Å². The van der Waals surface area contributed by atoms with Crippen molar-refractivity contribution in [2.45, 2.75) is 18.9 Å². The number of nitrogens with zero attached hydrogens (tertiary/aromatic N) is 2. The van der Waals surface area contributed by atoms with E-state index in [2.05, 4.69) is 59.3 Å². The van der Waals surface area contributed by atoms with E-state index in [1.54, 1.807) is 0 Å². The molecule has 0 aliphatic carbocycles. The quantitative estimate of drug-likeness (QED) is 0.908. The van der Waals surface area contributed by atoms with Crippen LogP contribution in [0.5, 0.6) is 0 Å². The van der Waals surface area contributed by atoms with Gasteiger partial charge in [0.2, 0.25) is 0 Å². The molecule has 19 heavy (non-hydrogen) atoms. The minimum Gasteiger partial charge on any atom is -0.350 e. The van der Waals surface area contributed by atoms with Gasteiger partial charge in [0.1, 0.15) is 0 Å². The van der Waals surface area contributed by atoms with E-state index in [-0.39, 0.29) is 0 Å². The van der Waals surface area contributed by atoms with Gasteiger partial charge in [0.05, 0.1) is 0 Å². The Balaban J connectivity index is 1.75. The van der Waals surface area contributed by atoms with Gasteiger partial charge in [-0.2, -0.15) is 0 Å². The molecule has 1 unspecified atom stereocenters. The number of likely N-dealkylation sites (N-methyl/N-ethyl adjacent to an activating group) is 1. The first-order valence-electron chi connectivity index (χ1n) is 7.19. The number of nitrogens with one attached hydrogen (secondary N) is 1. The van der Waals surface area contributed by atoms with Crippen molar-refractivity contribution in [2.24, 2.45) is 7.05 Å². The predicted molar refractivity (Wildman–Crippen MR) is 80.5 cm³/mol. The first-order chi connectivity index (χ1) is 9.25. The number of hydrogen-bond acceptors (Lipinski definition) is 2. The van der Waals surface area contributed by atoms with Crippen LogP contribution in [0.3, 0.4) is 0 Å². The van der Waals surface area contributed by atoms with Gasteiger partial charge < -0.3 is 14.8 Å². The highest BCUT2D eigenvalue weighted by atomic mass is 15.2. The molecule has 0 bridgehead atoms. The Labute approximate surface area is 115 Å². The minimum absolute atomic E-state index is 0.674. The van der Waals surface area contributed by atoms with Gasteiger partial charge in [0, 0.05) is 49.8 Å². The smallest absolute Gasteiger partial charge is 0.0480 e. The molecule has 102 valence electrons. The summed E-state index contributed by atoms with van der Waals surface area (Å²) in [6.07, 6.45) is 4.69. The number of aryl methyl sites for hydroxylation is 2. The van der Waals surface area contributed by atoms with E-state index < -0.39 is 0 Å². The molecular weight excluding hydrogens is 234 g/mol. The fraction of sp³-hybridized carbons (Fsp3) is 0.500. The molecule has 0 radical (unpaired) electrons. The summed E-state index contributed by atoms with van der Waals surface area (Å²) >= 11 is 0. The van der Waals surface area contributed by atoms with Crippen molar-refractivity contribution in [3.63, 3.8) is 0 Å². The molecule has 2 aromatic rings. The zero-order valence-corrected chi connectivity index (χ0v) is 11.9. The average Bonchev–Trinajstić information content (AvgIpc) is 2.75. The summed E-state index contributed by atoms with van der Waals surface area (Å²) in [6, 6.07) is 9.37. The zero-order valence-electron chi connectivity index (χ0n) is 11.9. The van der Waals surface area contributed by atoms with E-state index in [0.29, 0.717) is 6.04 Å². The molecule has 1 aromatic heterocycles. The SMILES string of the molecule is CN1CCNCC1CCc1cn(C)c2ccccc12. The predicted octanol–water partition coefficient (Wildman–Crippen LogP) is 2.01. The highest BCUT2D eigenvalue weighted by Crippen LogP contribution is 2.22. The Kier molecular flexibility index (Phi) is 3.58. The fourth-order valence-electron chi connectivity index (χ4n) is 3.13. The van der Waals surface area contributed by atoms with Gasteiger partial charge in [0.15, 0.2) is 0 Å². The van der Waals surface area contributed by atoms with E-state index in [0.717, 1.165) is 19.5 Å². The molecule has 1 atom stereocenters. The molecule has 0 spiro atoms. The standard InChI is InChI=1S/C16H23N3/c1-18-10-9-17-11-14(18)8-7-13-12-19(2)16-6-4-3-5-15(13)16/h3-6,12,14,17H,7-11H2,1-2H3. The number of benzene rings is 1. The van der Waals surface area contributed by atoms with Crippen molar-refractivity contribution in [3.8, 4) is 0 Å². The largest absolute Gasteiger partial charge is 0.350 e. The van der Waals surface area contributed by atoms with Crippen LogP contribution in [0.4, 0.5) is 0 Å². The summed E-state index contributed by atoms with van der Waals surface area (Å²) in [6.45, 7) is 3.42. The molecule has 1 aromatic carbocycles. The molecule has 1 aliphatic rings. The van der Waals surface area contributed by atoms with Crippen LogP contribution in [-0.4, -0.2) is 42.2 Å². The number of piperazine rings is 1. The van der Waals surface area contributed by atoms with E-state index in [1.807, 2.05) is 0 Å². The fourth-order valence-corrected chi connectivity index (χ4v) is 3.13. The number of fused-ring (bicyclic) bond motifs is 1. The Hall–Kier alpha value is -1.32. The molecule has 3 heteroatoms. The van der Waals surface area contributed by atoms with Crippen molar-refractivity contribution >= 4 is 10.9 Å². The van der Waals surface area contributed by atoms with E-state index in [1.165, 1.54) is 29.4 Å². The molecule has 1 saturated heterocycles. The minimum atomic E-state index is 0.674. The van der Waals surface area contributed by atoms with Gasteiger partial charge >= 0.3 is 0 Å². The first kappa shape index (κ1) is 12.7. The average molecular weight is 257 g/mol. The normalized spacial score (nSPS) is 21.1. The van der Waals surface area contributed by atoms with Crippen molar-refractivity contribution in [2.75, 3.05) is 26.7 Å². The summed E-state index contributed by atoms with van der Waals surface area (Å²) in [4.78, 5) is 2.49. The van der Waals surface area contributed by atoms with Crippen molar-refractivity contribution < 1.29 is 0 Å². The summed E-state index contributed by atoms with van der Waals surface area (Å²) in [5, 5.41) is 4.91. The van der Waals surface area contributed by atoms with Crippen LogP contribution in [0.25, 0.3) is 10.9 Å². The van der Waals surface area contributed by atoms with Crippen LogP contribution < -0.4 is 5.32 Å². The lowest BCUT2D eigenvalue weighted by atomic mass is 10.0. The summed E-state index contributed by atoms with van der Waals surface area (Å²) in [5.74, 6) is 0. The van der Waals surface area contributed by atoms with Crippen molar-refractivity contribution in [1.29, 1.82) is 0 Å². The third-order valence-electron chi connectivity index (χ3n) is 4.37. The second-order valence-electron chi connectivity index (χ2n) is 5.66. The Bertz CT molecular complexity index is 558. The highest BCUT2D eigenvalue weighted by Gasteiger charge is 2.18. The molecule has 2 heterocycles. The van der Waals surface area contributed by atoms with Crippen molar-refractivity contribution in [3.05, 3.63) is 36.0 Å². The van der Waals surface area contributed by atoms with Gasteiger partial charge in [-0.25, -0.2) is 0 Å². The first-order valence-corrected chi connectivity index (χ1v) is 7.19. The molecule has 0 saturated carbocycles.